The molecule has 1 fully saturated rings. The Morgan fingerprint density at radius 3 is 2.65 bits per heavy atom. The van der Waals surface area contributed by atoms with Crippen LogP contribution in [0.25, 0.3) is 0 Å². The Morgan fingerprint density at radius 1 is 1.40 bits per heavy atom. The number of nitrogens with one attached hydrogen (secondary N) is 1. The third-order valence-corrected chi connectivity index (χ3v) is 4.15. The quantitative estimate of drug-likeness (QED) is 0.784. The minimum atomic E-state index is -4.10. The first-order valence-corrected chi connectivity index (χ1v) is 7.24. The molecule has 0 bridgehead atoms. The van der Waals surface area contributed by atoms with Crippen LogP contribution in [-0.4, -0.2) is 43.3 Å². The van der Waals surface area contributed by atoms with Gasteiger partial charge in [0.1, 0.15) is 5.54 Å². The fraction of sp³-hybridized carbons (Fsp3) is 0.929. The van der Waals surface area contributed by atoms with Crippen LogP contribution in [0.5, 0.6) is 0 Å². The van der Waals surface area contributed by atoms with Crippen molar-refractivity contribution in [1.29, 1.82) is 5.26 Å². The highest BCUT2D eigenvalue weighted by Gasteiger charge is 2.42. The largest absolute Gasteiger partial charge is 0.390 e. The van der Waals surface area contributed by atoms with Crippen LogP contribution < -0.4 is 5.32 Å². The van der Waals surface area contributed by atoms with E-state index in [0.29, 0.717) is 6.54 Å². The van der Waals surface area contributed by atoms with E-state index >= 15 is 0 Å². The third-order valence-electron chi connectivity index (χ3n) is 4.15. The molecule has 0 aromatic rings. The van der Waals surface area contributed by atoms with Gasteiger partial charge in [-0.3, -0.25) is 5.32 Å². The molecule has 1 aliphatic rings. The van der Waals surface area contributed by atoms with Crippen LogP contribution in [0.15, 0.2) is 0 Å². The Kier molecular flexibility index (Phi) is 6.28. The van der Waals surface area contributed by atoms with Crippen molar-refractivity contribution in [2.45, 2.75) is 50.7 Å². The van der Waals surface area contributed by atoms with Crippen LogP contribution in [0, 0.1) is 17.2 Å². The van der Waals surface area contributed by atoms with Crippen LogP contribution in [0.1, 0.15) is 39.0 Å². The minimum absolute atomic E-state index is 0.0248. The highest BCUT2D eigenvalue weighted by Crippen LogP contribution is 2.37. The standard InChI is InChI=1S/C14H24F3N3/c1-3-19-13(11-18)7-4-5-12(13)6-9-20(2)10-8-14(15,16)17/h12,19H,3-10H2,1-2H3. The summed E-state index contributed by atoms with van der Waals surface area (Å²) in [7, 11) is 1.71. The maximum absolute atomic E-state index is 12.2. The molecule has 0 aromatic heterocycles. The topological polar surface area (TPSA) is 39.1 Å². The van der Waals surface area contributed by atoms with Crippen LogP contribution in [-0.2, 0) is 0 Å². The van der Waals surface area contributed by atoms with E-state index in [1.54, 1.807) is 11.9 Å². The summed E-state index contributed by atoms with van der Waals surface area (Å²) in [5.74, 6) is 0.237. The van der Waals surface area contributed by atoms with E-state index in [-0.39, 0.29) is 12.5 Å². The number of alkyl halides is 3. The molecular weight excluding hydrogens is 267 g/mol. The summed E-state index contributed by atoms with van der Waals surface area (Å²) in [6, 6.07) is 2.40. The summed E-state index contributed by atoms with van der Waals surface area (Å²) >= 11 is 0. The zero-order valence-electron chi connectivity index (χ0n) is 12.3. The fourth-order valence-corrected chi connectivity index (χ4v) is 3.01. The summed E-state index contributed by atoms with van der Waals surface area (Å²) in [5, 5.41) is 12.7. The molecule has 0 aliphatic heterocycles. The molecule has 1 aliphatic carbocycles. The average Bonchev–Trinajstić information content (AvgIpc) is 2.77. The molecule has 0 aromatic carbocycles. The van der Waals surface area contributed by atoms with Crippen LogP contribution >= 0.6 is 0 Å². The maximum Gasteiger partial charge on any atom is 0.390 e. The Morgan fingerprint density at radius 2 is 2.10 bits per heavy atom. The number of halogens is 3. The van der Waals surface area contributed by atoms with Gasteiger partial charge in [0.15, 0.2) is 0 Å². The molecular formula is C14H24F3N3. The minimum Gasteiger partial charge on any atom is -0.306 e. The highest BCUT2D eigenvalue weighted by molar-refractivity contribution is 5.14. The molecule has 0 spiro atoms. The first-order valence-electron chi connectivity index (χ1n) is 7.24. The molecule has 0 amide bonds. The molecule has 0 saturated heterocycles. The van der Waals surface area contributed by atoms with E-state index in [4.69, 9.17) is 0 Å². The van der Waals surface area contributed by atoms with Crippen LogP contribution in [0.3, 0.4) is 0 Å². The van der Waals surface area contributed by atoms with Crippen molar-refractivity contribution in [2.24, 2.45) is 5.92 Å². The Hall–Kier alpha value is -0.800. The predicted octanol–water partition coefficient (Wildman–Crippen LogP) is 2.93. The van der Waals surface area contributed by atoms with Gasteiger partial charge in [0.2, 0.25) is 0 Å². The lowest BCUT2D eigenvalue weighted by atomic mass is 9.85. The zero-order valence-corrected chi connectivity index (χ0v) is 12.3. The van der Waals surface area contributed by atoms with Crippen LogP contribution in [0.2, 0.25) is 0 Å². The fourth-order valence-electron chi connectivity index (χ4n) is 3.01. The SMILES string of the molecule is CCNC1(C#N)CCCC1CCN(C)CCC(F)(F)F. The predicted molar refractivity (Wildman–Crippen MR) is 72.1 cm³/mol. The second-order valence-corrected chi connectivity index (χ2v) is 5.66. The molecule has 6 heteroatoms. The third kappa shape index (κ3) is 4.95. The molecule has 1 N–H and O–H groups in total. The van der Waals surface area contributed by atoms with Gasteiger partial charge in [-0.1, -0.05) is 13.3 Å². The molecule has 116 valence electrons. The molecule has 2 atom stereocenters. The summed E-state index contributed by atoms with van der Waals surface area (Å²) in [5.41, 5.74) is -0.473. The maximum atomic E-state index is 12.2. The first kappa shape index (κ1) is 17.3. The smallest absolute Gasteiger partial charge is 0.306 e. The second-order valence-electron chi connectivity index (χ2n) is 5.66. The average molecular weight is 291 g/mol. The lowest BCUT2D eigenvalue weighted by Crippen LogP contribution is -2.47. The van der Waals surface area contributed by atoms with Gasteiger partial charge in [0, 0.05) is 6.54 Å². The summed E-state index contributed by atoms with van der Waals surface area (Å²) < 4.78 is 36.5. The Balaban J connectivity index is 2.42. The Labute approximate surface area is 119 Å². The molecule has 0 heterocycles. The van der Waals surface area contributed by atoms with Crippen molar-refractivity contribution < 1.29 is 13.2 Å². The van der Waals surface area contributed by atoms with Crippen molar-refractivity contribution in [3.8, 4) is 6.07 Å². The van der Waals surface area contributed by atoms with Gasteiger partial charge in [-0.05, 0) is 45.3 Å². The number of nitriles is 1. The number of rotatable bonds is 7. The van der Waals surface area contributed by atoms with Crippen molar-refractivity contribution in [3.05, 3.63) is 0 Å². The zero-order chi connectivity index (χ0) is 15.2. The number of hydrogen-bond donors (Lipinski definition) is 1. The molecule has 20 heavy (non-hydrogen) atoms. The van der Waals surface area contributed by atoms with Crippen molar-refractivity contribution in [2.75, 3.05) is 26.7 Å². The van der Waals surface area contributed by atoms with Crippen molar-refractivity contribution in [3.63, 3.8) is 0 Å². The summed E-state index contributed by atoms with van der Waals surface area (Å²) in [6.07, 6.45) is -1.26. The van der Waals surface area contributed by atoms with Gasteiger partial charge in [0.25, 0.3) is 0 Å². The number of nitrogens with zero attached hydrogens (tertiary/aromatic N) is 2. The van der Waals surface area contributed by atoms with E-state index in [1.165, 1.54) is 0 Å². The Bertz CT molecular complexity index is 338. The van der Waals surface area contributed by atoms with E-state index in [9.17, 15) is 18.4 Å². The summed E-state index contributed by atoms with van der Waals surface area (Å²) in [6.45, 7) is 3.35. The van der Waals surface area contributed by atoms with Gasteiger partial charge in [-0.15, -0.1) is 0 Å². The molecule has 2 unspecified atom stereocenters. The van der Waals surface area contributed by atoms with Gasteiger partial charge < -0.3 is 4.90 Å². The molecule has 1 rings (SSSR count). The van der Waals surface area contributed by atoms with E-state index in [2.05, 4.69) is 11.4 Å². The van der Waals surface area contributed by atoms with Crippen LogP contribution in [0.4, 0.5) is 13.2 Å². The highest BCUT2D eigenvalue weighted by atomic mass is 19.4. The molecule has 3 nitrogen and oxygen atoms in total. The van der Waals surface area contributed by atoms with Crippen molar-refractivity contribution in [1.82, 2.24) is 10.2 Å². The van der Waals surface area contributed by atoms with E-state index < -0.39 is 18.1 Å². The van der Waals surface area contributed by atoms with Gasteiger partial charge in [-0.25, -0.2) is 0 Å². The van der Waals surface area contributed by atoms with Crippen molar-refractivity contribution >= 4 is 0 Å². The van der Waals surface area contributed by atoms with E-state index in [1.807, 2.05) is 6.92 Å². The number of hydrogen-bond acceptors (Lipinski definition) is 3. The second kappa shape index (κ2) is 7.28. The van der Waals surface area contributed by atoms with Gasteiger partial charge >= 0.3 is 6.18 Å². The van der Waals surface area contributed by atoms with Gasteiger partial charge in [0.05, 0.1) is 12.5 Å². The van der Waals surface area contributed by atoms with E-state index in [0.717, 1.165) is 32.2 Å². The summed E-state index contributed by atoms with van der Waals surface area (Å²) in [4.78, 5) is 1.71. The normalized spacial score (nSPS) is 26.9. The van der Waals surface area contributed by atoms with Gasteiger partial charge in [-0.2, -0.15) is 18.4 Å². The monoisotopic (exact) mass is 291 g/mol. The first-order chi connectivity index (χ1) is 9.33. The molecule has 1 saturated carbocycles. The lowest BCUT2D eigenvalue weighted by molar-refractivity contribution is -0.137. The molecule has 0 radical (unpaired) electrons. The lowest BCUT2D eigenvalue weighted by Gasteiger charge is -2.30.